The van der Waals surface area contributed by atoms with E-state index in [0.717, 1.165) is 0 Å². The molecular weight excluding hydrogens is 493 g/mol. The van der Waals surface area contributed by atoms with Crippen LogP contribution in [0.15, 0.2) is 24.2 Å². The molecule has 3 unspecified atom stereocenters. The Morgan fingerprint density at radius 1 is 1.23 bits per heavy atom. The number of aliphatic hydroxyl groups excluding tert-OH is 2. The molecule has 19 heteroatoms. The van der Waals surface area contributed by atoms with Crippen molar-refractivity contribution >= 4 is 40.1 Å². The van der Waals surface area contributed by atoms with Crippen LogP contribution in [0, 0.1) is 0 Å². The summed E-state index contributed by atoms with van der Waals surface area (Å²) in [6.07, 6.45) is -4.56. The number of hydrogen-bond donors (Lipinski definition) is 7. The summed E-state index contributed by atoms with van der Waals surface area (Å²) >= 11 is 4.45. The lowest BCUT2D eigenvalue weighted by atomic mass is 10.0. The van der Waals surface area contributed by atoms with Crippen molar-refractivity contribution in [1.82, 2.24) is 10.2 Å². The molecule has 1 amide bonds. The van der Waals surface area contributed by atoms with Crippen molar-refractivity contribution in [2.24, 2.45) is 0 Å². The van der Waals surface area contributed by atoms with E-state index in [0.29, 0.717) is 0 Å². The number of carbonyl (C=O) groups excluding carboxylic acids is 1. The van der Waals surface area contributed by atoms with Crippen LogP contribution in [0.1, 0.15) is 0 Å². The minimum Gasteiger partial charge on any atom is -0.387 e. The van der Waals surface area contributed by atoms with Crippen LogP contribution in [0.2, 0.25) is 0 Å². The molecule has 2 aliphatic heterocycles. The predicted octanol–water partition coefficient (Wildman–Crippen LogP) is -1.65. The zero-order valence-electron chi connectivity index (χ0n) is 15.0. The standard InChI is InChI=1S/C11H19N2O13P3S/c1-5-12-11(16)6(3-13(5)2)10-9(15)8(14)7(24-10)4-23-29(22,30)26-28(20,21)25-27(17,18)19/h3,7-10,14-15H,1,4H2,2H3,(H,12,16)(H,20,21)(H,22,30)(H2,17,18,19)/t7-,8?,9+,10+,29?/m1/s1. The van der Waals surface area contributed by atoms with Crippen LogP contribution in [-0.2, 0) is 43.6 Å². The van der Waals surface area contributed by atoms with Gasteiger partial charge in [0.1, 0.15) is 30.2 Å². The van der Waals surface area contributed by atoms with E-state index in [9.17, 15) is 33.9 Å². The third kappa shape index (κ3) is 6.73. The normalized spacial score (nSPS) is 31.7. The molecule has 2 aliphatic rings. The molecule has 0 bridgehead atoms. The van der Waals surface area contributed by atoms with Gasteiger partial charge in [-0.05, 0) is 11.8 Å². The van der Waals surface area contributed by atoms with Crippen molar-refractivity contribution in [3.05, 3.63) is 24.2 Å². The van der Waals surface area contributed by atoms with E-state index in [4.69, 9.17) is 19.0 Å². The number of amides is 1. The van der Waals surface area contributed by atoms with Gasteiger partial charge in [-0.3, -0.25) is 4.79 Å². The highest BCUT2D eigenvalue weighted by Crippen LogP contribution is 2.66. The summed E-state index contributed by atoms with van der Waals surface area (Å²) in [6, 6.07) is 0. The first-order chi connectivity index (χ1) is 13.5. The zero-order valence-corrected chi connectivity index (χ0v) is 18.5. The molecule has 1 fully saturated rings. The second kappa shape index (κ2) is 9.14. The average molecular weight is 512 g/mol. The second-order valence-electron chi connectivity index (χ2n) is 6.06. The Labute approximate surface area is 174 Å². The van der Waals surface area contributed by atoms with Gasteiger partial charge in [-0.2, -0.15) is 4.31 Å². The SMILES string of the molecule is C=C1NC(=O)C([C@@H]2O[C@H](COP(O)(=S)OP(=O)(O)OP(=O)(O)O)C(O)[C@@H]2O)=CN1C. The fourth-order valence-electron chi connectivity index (χ4n) is 2.45. The van der Waals surface area contributed by atoms with Crippen molar-refractivity contribution in [2.45, 2.75) is 24.4 Å². The van der Waals surface area contributed by atoms with Crippen LogP contribution in [0.3, 0.4) is 0 Å². The largest absolute Gasteiger partial charge is 0.488 e. The highest BCUT2D eigenvalue weighted by atomic mass is 32.5. The van der Waals surface area contributed by atoms with Gasteiger partial charge in [0.15, 0.2) is 0 Å². The number of hydrogen-bond acceptors (Lipinski definition) is 11. The number of nitrogens with zero attached hydrogens (tertiary/aromatic N) is 1. The molecule has 0 aromatic carbocycles. The second-order valence-corrected chi connectivity index (χ2v) is 11.9. The Bertz CT molecular complexity index is 890. The molecule has 2 heterocycles. The van der Waals surface area contributed by atoms with Crippen molar-refractivity contribution in [1.29, 1.82) is 0 Å². The van der Waals surface area contributed by atoms with E-state index < -0.39 is 59.3 Å². The first-order valence-corrected chi connectivity index (χ1v) is 13.4. The van der Waals surface area contributed by atoms with E-state index in [-0.39, 0.29) is 11.4 Å². The third-order valence-electron chi connectivity index (χ3n) is 3.77. The van der Waals surface area contributed by atoms with Crippen LogP contribution >= 0.6 is 22.4 Å². The Balaban J connectivity index is 2.04. The maximum atomic E-state index is 12.1. The number of rotatable bonds is 8. The molecule has 15 nitrogen and oxygen atoms in total. The van der Waals surface area contributed by atoms with Gasteiger partial charge in [-0.15, -0.1) is 0 Å². The van der Waals surface area contributed by atoms with Gasteiger partial charge in [0, 0.05) is 13.2 Å². The van der Waals surface area contributed by atoms with Gasteiger partial charge >= 0.3 is 22.4 Å². The van der Waals surface area contributed by atoms with E-state index in [1.165, 1.54) is 11.1 Å². The van der Waals surface area contributed by atoms with Gasteiger partial charge in [0.25, 0.3) is 5.91 Å². The van der Waals surface area contributed by atoms with Crippen LogP contribution < -0.4 is 5.32 Å². The Hall–Kier alpha value is -0.540. The molecule has 0 aromatic heterocycles. The van der Waals surface area contributed by atoms with Gasteiger partial charge in [-0.25, -0.2) is 13.4 Å². The number of nitrogens with one attached hydrogen (secondary N) is 1. The molecule has 0 aliphatic carbocycles. The molecule has 6 atom stereocenters. The first-order valence-electron chi connectivity index (χ1n) is 7.76. The summed E-state index contributed by atoms with van der Waals surface area (Å²) in [5, 5.41) is 22.7. The minimum absolute atomic E-state index is 0.0477. The number of phosphoric acid groups is 2. The monoisotopic (exact) mass is 512 g/mol. The maximum Gasteiger partial charge on any atom is 0.488 e. The molecule has 30 heavy (non-hydrogen) atoms. The summed E-state index contributed by atoms with van der Waals surface area (Å²) in [7, 11) is -9.39. The van der Waals surface area contributed by atoms with Crippen LogP contribution in [-0.4, -0.2) is 78.7 Å². The Kier molecular flexibility index (Phi) is 7.83. The van der Waals surface area contributed by atoms with E-state index in [1.54, 1.807) is 7.05 Å². The summed E-state index contributed by atoms with van der Waals surface area (Å²) in [5.41, 5.74) is -0.0477. The summed E-state index contributed by atoms with van der Waals surface area (Å²) in [5.74, 6) is -0.372. The molecule has 1 saturated heterocycles. The fourth-order valence-corrected chi connectivity index (χ4v) is 6.42. The van der Waals surface area contributed by atoms with Crippen molar-refractivity contribution in [3.8, 4) is 0 Å². The lowest BCUT2D eigenvalue weighted by molar-refractivity contribution is -0.119. The van der Waals surface area contributed by atoms with Crippen molar-refractivity contribution < 1.29 is 61.6 Å². The predicted molar refractivity (Wildman–Crippen MR) is 100 cm³/mol. The lowest BCUT2D eigenvalue weighted by Crippen LogP contribution is -2.43. The highest BCUT2D eigenvalue weighted by molar-refractivity contribution is 8.08. The van der Waals surface area contributed by atoms with Crippen LogP contribution in [0.5, 0.6) is 0 Å². The van der Waals surface area contributed by atoms with Gasteiger partial charge in [-0.1, -0.05) is 6.58 Å². The first kappa shape index (κ1) is 25.7. The number of carbonyl (C=O) groups is 1. The van der Waals surface area contributed by atoms with Crippen LogP contribution in [0.25, 0.3) is 0 Å². The molecule has 0 aromatic rings. The topological polar surface area (TPSA) is 225 Å². The van der Waals surface area contributed by atoms with Crippen LogP contribution in [0.4, 0.5) is 0 Å². The molecule has 0 spiro atoms. The summed E-state index contributed by atoms with van der Waals surface area (Å²) in [4.78, 5) is 49.6. The highest BCUT2D eigenvalue weighted by Gasteiger charge is 2.47. The van der Waals surface area contributed by atoms with Crippen molar-refractivity contribution in [3.63, 3.8) is 0 Å². The molecule has 2 rings (SSSR count). The average Bonchev–Trinajstić information content (AvgIpc) is 2.81. The van der Waals surface area contributed by atoms with Crippen molar-refractivity contribution in [2.75, 3.05) is 13.7 Å². The quantitative estimate of drug-likeness (QED) is 0.181. The van der Waals surface area contributed by atoms with Gasteiger partial charge in [0.2, 0.25) is 0 Å². The zero-order chi connectivity index (χ0) is 23.1. The summed E-state index contributed by atoms with van der Waals surface area (Å²) < 4.78 is 39.8. The minimum atomic E-state index is -5.50. The third-order valence-corrected chi connectivity index (χ3v) is 8.48. The van der Waals surface area contributed by atoms with Gasteiger partial charge < -0.3 is 49.3 Å². The van der Waals surface area contributed by atoms with E-state index in [1.807, 2.05) is 0 Å². The molecule has 0 saturated carbocycles. The maximum absolute atomic E-state index is 12.1. The Morgan fingerprint density at radius 3 is 2.40 bits per heavy atom. The lowest BCUT2D eigenvalue weighted by Gasteiger charge is -2.28. The molecular formula is C11H19N2O13P3S. The van der Waals surface area contributed by atoms with E-state index in [2.05, 4.69) is 32.3 Å². The molecule has 0 radical (unpaired) electrons. The molecule has 172 valence electrons. The number of aliphatic hydroxyl groups is 2. The molecule has 7 N–H and O–H groups in total. The van der Waals surface area contributed by atoms with E-state index >= 15 is 0 Å². The smallest absolute Gasteiger partial charge is 0.387 e. The number of ether oxygens (including phenoxy) is 1. The fraction of sp³-hybridized carbons (Fsp3) is 0.545. The Morgan fingerprint density at radius 2 is 1.83 bits per heavy atom. The van der Waals surface area contributed by atoms with Gasteiger partial charge in [0.05, 0.1) is 12.2 Å². The summed E-state index contributed by atoms with van der Waals surface area (Å²) in [6.45, 7) is -1.81.